The fraction of sp³-hybridized carbons (Fsp3) is 0.438. The van der Waals surface area contributed by atoms with Crippen LogP contribution < -0.4 is 20.7 Å². The van der Waals surface area contributed by atoms with Crippen molar-refractivity contribution in [3.05, 3.63) is 29.2 Å². The molecule has 7 nitrogen and oxygen atoms in total. The van der Waals surface area contributed by atoms with Crippen LogP contribution in [-0.2, 0) is 6.54 Å². The Bertz CT molecular complexity index is 733. The van der Waals surface area contributed by atoms with Gasteiger partial charge in [0, 0.05) is 29.9 Å². The molecule has 2 aromatic rings. The number of rotatable bonds is 3. The molecular weight excluding hydrogens is 292 g/mol. The number of ether oxygens (including phenoxy) is 1. The molecule has 1 atom stereocenters. The molecule has 0 radical (unpaired) electrons. The Kier molecular flexibility index (Phi) is 3.94. The number of fused-ring (bicyclic) bond motifs is 1. The Hall–Kier alpha value is -2.57. The largest absolute Gasteiger partial charge is 0.496 e. The van der Waals surface area contributed by atoms with Gasteiger partial charge in [0.25, 0.3) is 0 Å². The number of hydrogen-bond donors (Lipinski definition) is 2. The smallest absolute Gasteiger partial charge is 0.222 e. The van der Waals surface area contributed by atoms with E-state index >= 15 is 0 Å². The Morgan fingerprint density at radius 2 is 2.13 bits per heavy atom. The molecule has 3 heterocycles. The number of hydrogen-bond acceptors (Lipinski definition) is 7. The maximum atomic E-state index is 5.77. The average Bonchev–Trinajstić information content (AvgIpc) is 2.53. The van der Waals surface area contributed by atoms with E-state index in [0.29, 0.717) is 6.54 Å². The topological polar surface area (TPSA) is 89.2 Å². The van der Waals surface area contributed by atoms with Crippen LogP contribution in [0.25, 0.3) is 0 Å². The van der Waals surface area contributed by atoms with Gasteiger partial charge in [0.1, 0.15) is 5.75 Å². The lowest BCUT2D eigenvalue weighted by Gasteiger charge is -2.36. The molecule has 0 spiro atoms. The fourth-order valence-corrected chi connectivity index (χ4v) is 2.93. The minimum absolute atomic E-state index is 0.269. The molecule has 0 aliphatic carbocycles. The van der Waals surface area contributed by atoms with Crippen LogP contribution in [0.1, 0.15) is 23.7 Å². The number of nitrogen functional groups attached to an aromatic ring is 1. The van der Waals surface area contributed by atoms with Gasteiger partial charge in [-0.25, -0.2) is 4.98 Å². The summed E-state index contributed by atoms with van der Waals surface area (Å²) in [6, 6.07) is 0.269. The molecule has 3 rings (SSSR count). The summed E-state index contributed by atoms with van der Waals surface area (Å²) in [5.41, 5.74) is 9.73. The highest BCUT2D eigenvalue weighted by Gasteiger charge is 2.26. The second kappa shape index (κ2) is 5.91. The van der Waals surface area contributed by atoms with Gasteiger partial charge < -0.3 is 20.7 Å². The van der Waals surface area contributed by atoms with Crippen LogP contribution in [-0.4, -0.2) is 34.6 Å². The minimum Gasteiger partial charge on any atom is -0.496 e. The van der Waals surface area contributed by atoms with E-state index in [9.17, 15) is 0 Å². The first-order valence-corrected chi connectivity index (χ1v) is 7.63. The van der Waals surface area contributed by atoms with Gasteiger partial charge >= 0.3 is 0 Å². The number of nitrogens with zero attached hydrogens (tertiary/aromatic N) is 4. The first-order chi connectivity index (χ1) is 11.0. The molecule has 23 heavy (non-hydrogen) atoms. The van der Waals surface area contributed by atoms with E-state index in [2.05, 4.69) is 32.1 Å². The SMILES string of the molecule is COc1c(C)cnc(CN2c3nc(N)ncc3NC[C@@H]2C)c1C. The van der Waals surface area contributed by atoms with Gasteiger partial charge in [0.05, 0.1) is 31.2 Å². The van der Waals surface area contributed by atoms with Crippen LogP contribution in [0, 0.1) is 13.8 Å². The van der Waals surface area contributed by atoms with Gasteiger partial charge in [0.15, 0.2) is 5.82 Å². The molecular formula is C16H22N6O. The van der Waals surface area contributed by atoms with Crippen molar-refractivity contribution < 1.29 is 4.74 Å². The Labute approximate surface area is 135 Å². The summed E-state index contributed by atoms with van der Waals surface area (Å²) in [6.45, 7) is 7.65. The van der Waals surface area contributed by atoms with Crippen molar-refractivity contribution in [1.29, 1.82) is 0 Å². The van der Waals surface area contributed by atoms with E-state index in [1.54, 1.807) is 13.3 Å². The summed E-state index contributed by atoms with van der Waals surface area (Å²) >= 11 is 0. The minimum atomic E-state index is 0.269. The third kappa shape index (κ3) is 2.74. The number of nitrogens with two attached hydrogens (primary N) is 1. The molecule has 0 saturated heterocycles. The van der Waals surface area contributed by atoms with E-state index < -0.39 is 0 Å². The summed E-state index contributed by atoms with van der Waals surface area (Å²) in [7, 11) is 1.69. The fourth-order valence-electron chi connectivity index (χ4n) is 2.93. The van der Waals surface area contributed by atoms with E-state index in [0.717, 1.165) is 40.6 Å². The number of pyridine rings is 1. The van der Waals surface area contributed by atoms with Crippen LogP contribution in [0.5, 0.6) is 5.75 Å². The second-order valence-corrected chi connectivity index (χ2v) is 5.87. The van der Waals surface area contributed by atoms with Crippen LogP contribution in [0.15, 0.2) is 12.4 Å². The highest BCUT2D eigenvalue weighted by molar-refractivity contribution is 5.69. The van der Waals surface area contributed by atoms with Gasteiger partial charge in [-0.15, -0.1) is 0 Å². The van der Waals surface area contributed by atoms with E-state index in [1.807, 2.05) is 20.0 Å². The summed E-state index contributed by atoms with van der Waals surface area (Å²) in [6.07, 6.45) is 3.58. The molecule has 0 fully saturated rings. The summed E-state index contributed by atoms with van der Waals surface area (Å²) in [5.74, 6) is 1.98. The zero-order valence-electron chi connectivity index (χ0n) is 13.9. The Morgan fingerprint density at radius 3 is 2.87 bits per heavy atom. The molecule has 0 aromatic carbocycles. The summed E-state index contributed by atoms with van der Waals surface area (Å²) in [5, 5.41) is 3.33. The highest BCUT2D eigenvalue weighted by Crippen LogP contribution is 2.32. The third-order valence-electron chi connectivity index (χ3n) is 4.25. The molecule has 0 unspecified atom stereocenters. The van der Waals surface area contributed by atoms with E-state index in [-0.39, 0.29) is 12.0 Å². The van der Waals surface area contributed by atoms with Gasteiger partial charge in [-0.3, -0.25) is 4.98 Å². The zero-order valence-corrected chi connectivity index (χ0v) is 13.9. The molecule has 1 aliphatic rings. The first-order valence-electron chi connectivity index (χ1n) is 7.63. The molecule has 2 aromatic heterocycles. The molecule has 0 bridgehead atoms. The summed E-state index contributed by atoms with van der Waals surface area (Å²) in [4.78, 5) is 15.3. The lowest BCUT2D eigenvalue weighted by atomic mass is 10.1. The van der Waals surface area contributed by atoms with Crippen molar-refractivity contribution in [1.82, 2.24) is 15.0 Å². The van der Waals surface area contributed by atoms with Gasteiger partial charge in [0.2, 0.25) is 5.95 Å². The Balaban J connectivity index is 1.99. The normalized spacial score (nSPS) is 16.7. The predicted octanol–water partition coefficient (Wildman–Crippen LogP) is 1.90. The van der Waals surface area contributed by atoms with Gasteiger partial charge in [-0.1, -0.05) is 0 Å². The number of methoxy groups -OCH3 is 1. The zero-order chi connectivity index (χ0) is 16.6. The monoisotopic (exact) mass is 314 g/mol. The van der Waals surface area contributed by atoms with Crippen molar-refractivity contribution in [3.63, 3.8) is 0 Å². The molecule has 3 N–H and O–H groups in total. The predicted molar refractivity (Wildman–Crippen MR) is 90.8 cm³/mol. The van der Waals surface area contributed by atoms with Crippen LogP contribution in [0.4, 0.5) is 17.5 Å². The lowest BCUT2D eigenvalue weighted by Crippen LogP contribution is -2.42. The maximum absolute atomic E-state index is 5.77. The van der Waals surface area contributed by atoms with Gasteiger partial charge in [-0.2, -0.15) is 4.98 Å². The quantitative estimate of drug-likeness (QED) is 0.894. The number of aromatic nitrogens is 3. The highest BCUT2D eigenvalue weighted by atomic mass is 16.5. The first kappa shape index (κ1) is 15.3. The summed E-state index contributed by atoms with van der Waals surface area (Å²) < 4.78 is 5.50. The molecule has 7 heteroatoms. The van der Waals surface area contributed by atoms with Crippen molar-refractivity contribution in [2.75, 3.05) is 29.6 Å². The molecule has 0 saturated carbocycles. The van der Waals surface area contributed by atoms with Crippen molar-refractivity contribution in [2.45, 2.75) is 33.4 Å². The molecule has 1 aliphatic heterocycles. The maximum Gasteiger partial charge on any atom is 0.222 e. The van der Waals surface area contributed by atoms with Crippen LogP contribution in [0.3, 0.4) is 0 Å². The van der Waals surface area contributed by atoms with Gasteiger partial charge in [-0.05, 0) is 20.8 Å². The van der Waals surface area contributed by atoms with E-state index in [1.165, 1.54) is 0 Å². The standard InChI is InChI=1S/C16H22N6O/c1-9-5-18-13(11(3)14(9)23-4)8-22-10(2)6-19-12-7-20-16(17)21-15(12)22/h5,7,10,19H,6,8H2,1-4H3,(H2,17,20,21)/t10-/m0/s1. The van der Waals surface area contributed by atoms with Crippen LogP contribution >= 0.6 is 0 Å². The number of nitrogens with one attached hydrogen (secondary N) is 1. The number of anilines is 3. The van der Waals surface area contributed by atoms with Crippen LogP contribution in [0.2, 0.25) is 0 Å². The van der Waals surface area contributed by atoms with Crippen molar-refractivity contribution >= 4 is 17.5 Å². The van der Waals surface area contributed by atoms with Crippen molar-refractivity contribution in [3.8, 4) is 5.75 Å². The number of aryl methyl sites for hydroxylation is 1. The lowest BCUT2D eigenvalue weighted by molar-refractivity contribution is 0.406. The third-order valence-corrected chi connectivity index (χ3v) is 4.25. The molecule has 122 valence electrons. The van der Waals surface area contributed by atoms with Crippen molar-refractivity contribution in [2.24, 2.45) is 0 Å². The second-order valence-electron chi connectivity index (χ2n) is 5.87. The van der Waals surface area contributed by atoms with E-state index in [4.69, 9.17) is 10.5 Å². The Morgan fingerprint density at radius 1 is 1.35 bits per heavy atom. The average molecular weight is 314 g/mol. The molecule has 0 amide bonds.